The van der Waals surface area contributed by atoms with Crippen molar-refractivity contribution in [3.63, 3.8) is 0 Å². The zero-order valence-corrected chi connectivity index (χ0v) is 24.6. The number of carbonyl (C=O) groups is 5. The Morgan fingerprint density at radius 3 is 1.83 bits per heavy atom. The minimum Gasteiger partial charge on any atom is -0.508 e. The molecule has 228 valence electrons. The molecule has 0 saturated heterocycles. The molecule has 0 aliphatic rings. The second-order valence-corrected chi connectivity index (χ2v) is 10.9. The van der Waals surface area contributed by atoms with E-state index in [1.807, 2.05) is 6.26 Å². The van der Waals surface area contributed by atoms with Gasteiger partial charge in [0.05, 0.1) is 6.04 Å². The second kappa shape index (κ2) is 17.0. The van der Waals surface area contributed by atoms with Gasteiger partial charge in [-0.3, -0.25) is 19.2 Å². The summed E-state index contributed by atoms with van der Waals surface area (Å²) in [5.74, 6) is -3.12. The van der Waals surface area contributed by atoms with E-state index >= 15 is 0 Å². The van der Waals surface area contributed by atoms with E-state index < -0.39 is 59.8 Å². The highest BCUT2D eigenvalue weighted by Gasteiger charge is 2.29. The second-order valence-electron chi connectivity index (χ2n) is 9.87. The van der Waals surface area contributed by atoms with Crippen LogP contribution in [-0.2, 0) is 36.8 Å². The standard InChI is InChI=1S/C29H39N5O7S/c1-17(32-27(38)22(30)15-20-9-11-21(35)12-10-20)25(36)31-18(2)26(37)34-24(16-19-7-5-4-6-8-19)28(39)33-23(29(40)41)13-14-42-3/h4-12,17-18,22-24,35H,13-16,30H2,1-3H3,(H,31,36)(H,32,38)(H,33,39)(H,34,37)(H,40,41)/t17-,18+,22-,23-,24-/m0/s1. The number of hydrogen-bond donors (Lipinski definition) is 7. The molecule has 0 aliphatic heterocycles. The van der Waals surface area contributed by atoms with Gasteiger partial charge in [0.25, 0.3) is 0 Å². The predicted octanol–water partition coefficient (Wildman–Crippen LogP) is 0.321. The monoisotopic (exact) mass is 601 g/mol. The van der Waals surface area contributed by atoms with Gasteiger partial charge in [-0.1, -0.05) is 42.5 Å². The first-order valence-electron chi connectivity index (χ1n) is 13.4. The summed E-state index contributed by atoms with van der Waals surface area (Å²) in [5, 5.41) is 29.0. The number of carboxylic acid groups (broad SMARTS) is 1. The van der Waals surface area contributed by atoms with Crippen molar-refractivity contribution in [2.75, 3.05) is 12.0 Å². The molecule has 2 rings (SSSR count). The van der Waals surface area contributed by atoms with Crippen LogP contribution >= 0.6 is 11.8 Å². The summed E-state index contributed by atoms with van der Waals surface area (Å²) < 4.78 is 0. The van der Waals surface area contributed by atoms with Crippen LogP contribution in [-0.4, -0.2) is 82.0 Å². The third-order valence-corrected chi connectivity index (χ3v) is 7.02. The molecule has 0 heterocycles. The Morgan fingerprint density at radius 1 is 0.738 bits per heavy atom. The maximum Gasteiger partial charge on any atom is 0.326 e. The summed E-state index contributed by atoms with van der Waals surface area (Å²) in [6.07, 6.45) is 2.32. The lowest BCUT2D eigenvalue weighted by Gasteiger charge is -2.24. The average molecular weight is 602 g/mol. The molecule has 42 heavy (non-hydrogen) atoms. The zero-order chi connectivity index (χ0) is 31.2. The predicted molar refractivity (Wildman–Crippen MR) is 160 cm³/mol. The lowest BCUT2D eigenvalue weighted by Crippen LogP contribution is -2.57. The molecular weight excluding hydrogens is 562 g/mol. The van der Waals surface area contributed by atoms with Crippen LogP contribution in [0.15, 0.2) is 54.6 Å². The number of benzene rings is 2. The van der Waals surface area contributed by atoms with Crippen molar-refractivity contribution >= 4 is 41.4 Å². The molecule has 0 bridgehead atoms. The number of nitrogens with two attached hydrogens (primary N) is 1. The number of phenols is 1. The summed E-state index contributed by atoms with van der Waals surface area (Å²) in [6, 6.07) is 9.85. The zero-order valence-electron chi connectivity index (χ0n) is 23.8. The van der Waals surface area contributed by atoms with Gasteiger partial charge in [0.15, 0.2) is 0 Å². The Hall–Kier alpha value is -4.10. The van der Waals surface area contributed by atoms with Gasteiger partial charge in [-0.25, -0.2) is 4.79 Å². The maximum absolute atomic E-state index is 13.1. The molecule has 0 saturated carbocycles. The average Bonchev–Trinajstić information content (AvgIpc) is 2.96. The highest BCUT2D eigenvalue weighted by molar-refractivity contribution is 7.98. The molecule has 2 aromatic carbocycles. The molecule has 4 amide bonds. The summed E-state index contributed by atoms with van der Waals surface area (Å²) in [7, 11) is 0. The van der Waals surface area contributed by atoms with Gasteiger partial charge in [-0.15, -0.1) is 0 Å². The topological polar surface area (TPSA) is 200 Å². The number of aliphatic carboxylic acids is 1. The van der Waals surface area contributed by atoms with Crippen LogP contribution in [0.5, 0.6) is 5.75 Å². The third kappa shape index (κ3) is 11.4. The first kappa shape index (κ1) is 34.1. The maximum atomic E-state index is 13.1. The van der Waals surface area contributed by atoms with Gasteiger partial charge in [-0.2, -0.15) is 11.8 Å². The number of carboxylic acids is 1. The van der Waals surface area contributed by atoms with E-state index in [9.17, 15) is 34.2 Å². The summed E-state index contributed by atoms with van der Waals surface area (Å²) >= 11 is 1.45. The van der Waals surface area contributed by atoms with Crippen LogP contribution in [0.25, 0.3) is 0 Å². The number of carbonyl (C=O) groups excluding carboxylic acids is 4. The lowest BCUT2D eigenvalue weighted by molar-refractivity contribution is -0.142. The van der Waals surface area contributed by atoms with Gasteiger partial charge < -0.3 is 37.2 Å². The quantitative estimate of drug-likeness (QED) is 0.142. The van der Waals surface area contributed by atoms with E-state index in [2.05, 4.69) is 21.3 Å². The molecule has 0 fully saturated rings. The number of rotatable bonds is 16. The van der Waals surface area contributed by atoms with E-state index in [4.69, 9.17) is 5.73 Å². The number of hydrogen-bond acceptors (Lipinski definition) is 8. The minimum absolute atomic E-state index is 0.0860. The van der Waals surface area contributed by atoms with Crippen LogP contribution in [0.2, 0.25) is 0 Å². The van der Waals surface area contributed by atoms with E-state index in [1.54, 1.807) is 42.5 Å². The Balaban J connectivity index is 1.99. The molecule has 2 aromatic rings. The molecule has 0 aliphatic carbocycles. The summed E-state index contributed by atoms with van der Waals surface area (Å²) in [4.78, 5) is 63.0. The van der Waals surface area contributed by atoms with E-state index in [-0.39, 0.29) is 25.0 Å². The molecule has 8 N–H and O–H groups in total. The Labute approximate surface area is 249 Å². The molecule has 0 aromatic heterocycles. The molecule has 0 radical (unpaired) electrons. The number of amides is 4. The number of aromatic hydroxyl groups is 1. The fourth-order valence-electron chi connectivity index (χ4n) is 3.89. The van der Waals surface area contributed by atoms with Crippen LogP contribution in [0.3, 0.4) is 0 Å². The van der Waals surface area contributed by atoms with Crippen molar-refractivity contribution in [3.8, 4) is 5.75 Å². The van der Waals surface area contributed by atoms with Crippen molar-refractivity contribution in [1.29, 1.82) is 0 Å². The molecule has 5 atom stereocenters. The van der Waals surface area contributed by atoms with Crippen molar-refractivity contribution in [3.05, 3.63) is 65.7 Å². The smallest absolute Gasteiger partial charge is 0.326 e. The highest BCUT2D eigenvalue weighted by Crippen LogP contribution is 2.11. The van der Waals surface area contributed by atoms with Crippen LogP contribution < -0.4 is 27.0 Å². The molecular formula is C29H39N5O7S. The van der Waals surface area contributed by atoms with Gasteiger partial charge in [0.1, 0.15) is 29.9 Å². The van der Waals surface area contributed by atoms with Crippen LogP contribution in [0.1, 0.15) is 31.4 Å². The first-order valence-corrected chi connectivity index (χ1v) is 14.8. The van der Waals surface area contributed by atoms with E-state index in [1.165, 1.54) is 37.7 Å². The summed E-state index contributed by atoms with van der Waals surface area (Å²) in [5.41, 5.74) is 7.43. The van der Waals surface area contributed by atoms with Gasteiger partial charge in [0.2, 0.25) is 23.6 Å². The number of phenolic OH excluding ortho intramolecular Hbond substituents is 1. The van der Waals surface area contributed by atoms with Gasteiger partial charge in [-0.05, 0) is 62.0 Å². The van der Waals surface area contributed by atoms with Crippen LogP contribution in [0.4, 0.5) is 0 Å². The van der Waals surface area contributed by atoms with Crippen molar-refractivity contribution in [2.45, 2.75) is 63.3 Å². The van der Waals surface area contributed by atoms with Gasteiger partial charge in [0, 0.05) is 6.42 Å². The minimum atomic E-state index is -1.18. The molecule has 13 heteroatoms. The number of thioether (sulfide) groups is 1. The lowest BCUT2D eigenvalue weighted by atomic mass is 10.0. The Bertz CT molecular complexity index is 1210. The normalized spacial score (nSPS) is 14.4. The largest absolute Gasteiger partial charge is 0.508 e. The fraction of sp³-hybridized carbons (Fsp3) is 0.414. The van der Waals surface area contributed by atoms with Crippen molar-refractivity contribution in [2.24, 2.45) is 5.73 Å². The molecule has 0 unspecified atom stereocenters. The van der Waals surface area contributed by atoms with E-state index in [0.717, 1.165) is 11.1 Å². The van der Waals surface area contributed by atoms with Crippen molar-refractivity contribution < 1.29 is 34.2 Å². The van der Waals surface area contributed by atoms with E-state index in [0.29, 0.717) is 5.75 Å². The Kier molecular flexibility index (Phi) is 13.8. The Morgan fingerprint density at radius 2 is 1.26 bits per heavy atom. The summed E-state index contributed by atoms with van der Waals surface area (Å²) in [6.45, 7) is 2.87. The molecule has 12 nitrogen and oxygen atoms in total. The van der Waals surface area contributed by atoms with Gasteiger partial charge >= 0.3 is 5.97 Å². The fourth-order valence-corrected chi connectivity index (χ4v) is 4.36. The third-order valence-electron chi connectivity index (χ3n) is 6.37. The SMILES string of the molecule is CSCC[C@H](NC(=O)[C@H](Cc1ccccc1)NC(=O)[C@@H](C)NC(=O)[C@H](C)NC(=O)[C@@H](N)Cc1ccc(O)cc1)C(=O)O. The number of nitrogens with one attached hydrogen (secondary N) is 4. The molecule has 0 spiro atoms. The highest BCUT2D eigenvalue weighted by atomic mass is 32.2. The van der Waals surface area contributed by atoms with Crippen LogP contribution in [0, 0.1) is 0 Å². The van der Waals surface area contributed by atoms with Crippen molar-refractivity contribution in [1.82, 2.24) is 21.3 Å². The first-order chi connectivity index (χ1) is 19.9.